The smallest absolute Gasteiger partial charge is 0.251 e. The van der Waals surface area contributed by atoms with Crippen LogP contribution in [-0.2, 0) is 0 Å². The first kappa shape index (κ1) is 16.1. The van der Waals surface area contributed by atoms with Crippen LogP contribution in [0, 0.1) is 11.6 Å². The summed E-state index contributed by atoms with van der Waals surface area (Å²) < 4.78 is 28.2. The molecule has 3 aromatic rings. The van der Waals surface area contributed by atoms with E-state index >= 15 is 0 Å². The van der Waals surface area contributed by atoms with Crippen molar-refractivity contribution in [3.8, 4) is 5.69 Å². The number of unbranched alkanes of at least 4 members (excludes halogenated alkanes) is 1. The van der Waals surface area contributed by atoms with Crippen LogP contribution in [0.15, 0.2) is 42.7 Å². The van der Waals surface area contributed by atoms with Gasteiger partial charge in [-0.25, -0.2) is 13.8 Å². The maximum absolute atomic E-state index is 13.4. The molecule has 1 amide bonds. The van der Waals surface area contributed by atoms with Crippen molar-refractivity contribution >= 4 is 16.9 Å². The number of aromatic nitrogens is 2. The van der Waals surface area contributed by atoms with Crippen molar-refractivity contribution in [3.63, 3.8) is 0 Å². The normalized spacial score (nSPS) is 11.0. The number of fused-ring (bicyclic) bond motifs is 1. The summed E-state index contributed by atoms with van der Waals surface area (Å²) >= 11 is 0. The zero-order valence-corrected chi connectivity index (χ0v) is 13.2. The molecule has 0 aliphatic carbocycles. The summed E-state index contributed by atoms with van der Waals surface area (Å²) in [5, 5.41) is 2.85. The summed E-state index contributed by atoms with van der Waals surface area (Å²) in [7, 11) is 0. The van der Waals surface area contributed by atoms with E-state index in [9.17, 15) is 13.6 Å². The Morgan fingerprint density at radius 2 is 2.00 bits per heavy atom. The number of benzene rings is 2. The zero-order valence-electron chi connectivity index (χ0n) is 13.2. The second-order valence-corrected chi connectivity index (χ2v) is 5.53. The molecule has 6 heteroatoms. The number of amides is 1. The number of halogens is 2. The second-order valence-electron chi connectivity index (χ2n) is 5.53. The highest BCUT2D eigenvalue weighted by Crippen LogP contribution is 2.21. The lowest BCUT2D eigenvalue weighted by Crippen LogP contribution is -2.24. The van der Waals surface area contributed by atoms with Gasteiger partial charge in [-0.1, -0.05) is 13.3 Å². The minimum absolute atomic E-state index is 0.146. The van der Waals surface area contributed by atoms with Crippen LogP contribution in [0.25, 0.3) is 16.7 Å². The molecule has 124 valence electrons. The van der Waals surface area contributed by atoms with Crippen molar-refractivity contribution in [1.82, 2.24) is 14.9 Å². The van der Waals surface area contributed by atoms with E-state index in [0.29, 0.717) is 28.8 Å². The molecular weight excluding hydrogens is 312 g/mol. The number of carbonyl (C=O) groups is 1. The van der Waals surface area contributed by atoms with Crippen molar-refractivity contribution in [2.24, 2.45) is 0 Å². The van der Waals surface area contributed by atoms with E-state index in [1.165, 1.54) is 12.4 Å². The van der Waals surface area contributed by atoms with E-state index in [0.717, 1.165) is 25.0 Å². The van der Waals surface area contributed by atoms with Crippen molar-refractivity contribution < 1.29 is 13.6 Å². The molecule has 0 spiro atoms. The van der Waals surface area contributed by atoms with Crippen molar-refractivity contribution in [2.45, 2.75) is 19.8 Å². The fourth-order valence-electron chi connectivity index (χ4n) is 2.48. The molecule has 0 unspecified atom stereocenters. The summed E-state index contributed by atoms with van der Waals surface area (Å²) in [5.41, 5.74) is 2.32. The molecule has 0 atom stereocenters. The monoisotopic (exact) mass is 329 g/mol. The standard InChI is InChI=1S/C18H17F2N3O/c1-2-3-8-21-18(24)12-4-7-17-16(9-12)22-11-23(17)13-5-6-14(19)15(20)10-13/h4-7,9-11H,2-3,8H2,1H3,(H,21,24). The molecule has 4 nitrogen and oxygen atoms in total. The first-order valence-corrected chi connectivity index (χ1v) is 7.81. The van der Waals surface area contributed by atoms with Crippen LogP contribution in [0.5, 0.6) is 0 Å². The number of nitrogens with zero attached hydrogens (tertiary/aromatic N) is 2. The maximum atomic E-state index is 13.4. The quantitative estimate of drug-likeness (QED) is 0.723. The molecule has 0 bridgehead atoms. The number of hydrogen-bond donors (Lipinski definition) is 1. The Morgan fingerprint density at radius 3 is 2.75 bits per heavy atom. The Bertz CT molecular complexity index is 889. The number of rotatable bonds is 5. The fourth-order valence-corrected chi connectivity index (χ4v) is 2.48. The first-order valence-electron chi connectivity index (χ1n) is 7.81. The van der Waals surface area contributed by atoms with Crippen LogP contribution >= 0.6 is 0 Å². The lowest BCUT2D eigenvalue weighted by Gasteiger charge is -2.06. The van der Waals surface area contributed by atoms with E-state index < -0.39 is 11.6 Å². The molecule has 0 aliphatic rings. The highest BCUT2D eigenvalue weighted by atomic mass is 19.2. The van der Waals surface area contributed by atoms with Gasteiger partial charge in [0.15, 0.2) is 11.6 Å². The Hall–Kier alpha value is -2.76. The molecule has 0 aliphatic heterocycles. The number of imidazole rings is 1. The molecule has 1 heterocycles. The first-order chi connectivity index (χ1) is 11.6. The summed E-state index contributed by atoms with van der Waals surface area (Å²) in [6.07, 6.45) is 3.47. The third-order valence-electron chi connectivity index (χ3n) is 3.81. The van der Waals surface area contributed by atoms with Crippen LogP contribution in [-0.4, -0.2) is 22.0 Å². The van der Waals surface area contributed by atoms with Gasteiger partial charge in [0.25, 0.3) is 5.91 Å². The lowest BCUT2D eigenvalue weighted by molar-refractivity contribution is 0.0953. The molecule has 1 aromatic heterocycles. The summed E-state index contributed by atoms with van der Waals surface area (Å²) in [6.45, 7) is 2.69. The maximum Gasteiger partial charge on any atom is 0.251 e. The Morgan fingerprint density at radius 1 is 1.17 bits per heavy atom. The predicted molar refractivity (Wildman–Crippen MR) is 88.2 cm³/mol. The van der Waals surface area contributed by atoms with Gasteiger partial charge in [-0.3, -0.25) is 9.36 Å². The number of nitrogens with one attached hydrogen (secondary N) is 1. The number of carbonyl (C=O) groups excluding carboxylic acids is 1. The van der Waals surface area contributed by atoms with Gasteiger partial charge in [0, 0.05) is 18.2 Å². The van der Waals surface area contributed by atoms with E-state index in [2.05, 4.69) is 17.2 Å². The van der Waals surface area contributed by atoms with Crippen LogP contribution in [0.1, 0.15) is 30.1 Å². The third-order valence-corrected chi connectivity index (χ3v) is 3.81. The molecule has 0 saturated heterocycles. The Balaban J connectivity index is 1.91. The highest BCUT2D eigenvalue weighted by Gasteiger charge is 2.11. The van der Waals surface area contributed by atoms with E-state index in [-0.39, 0.29) is 5.91 Å². The van der Waals surface area contributed by atoms with Gasteiger partial charge in [-0.15, -0.1) is 0 Å². The van der Waals surface area contributed by atoms with Crippen molar-refractivity contribution in [2.75, 3.05) is 6.54 Å². The average Bonchev–Trinajstić information content (AvgIpc) is 3.00. The van der Waals surface area contributed by atoms with Crippen LogP contribution < -0.4 is 5.32 Å². The predicted octanol–water partition coefficient (Wildman–Crippen LogP) is 3.83. The highest BCUT2D eigenvalue weighted by molar-refractivity contribution is 5.97. The molecular formula is C18H17F2N3O. The van der Waals surface area contributed by atoms with Crippen molar-refractivity contribution in [3.05, 3.63) is 59.9 Å². The lowest BCUT2D eigenvalue weighted by atomic mass is 10.1. The van der Waals surface area contributed by atoms with Crippen LogP contribution in [0.3, 0.4) is 0 Å². The van der Waals surface area contributed by atoms with Gasteiger partial charge in [-0.2, -0.15) is 0 Å². The molecule has 0 fully saturated rings. The van der Waals surface area contributed by atoms with Gasteiger partial charge in [-0.05, 0) is 36.8 Å². The largest absolute Gasteiger partial charge is 0.352 e. The minimum Gasteiger partial charge on any atom is -0.352 e. The van der Waals surface area contributed by atoms with E-state index in [1.807, 2.05) is 0 Å². The molecule has 24 heavy (non-hydrogen) atoms. The molecule has 2 aromatic carbocycles. The summed E-state index contributed by atoms with van der Waals surface area (Å²) in [6, 6.07) is 8.80. The van der Waals surface area contributed by atoms with Crippen molar-refractivity contribution in [1.29, 1.82) is 0 Å². The molecule has 1 N–H and O–H groups in total. The third kappa shape index (κ3) is 3.13. The SMILES string of the molecule is CCCCNC(=O)c1ccc2c(c1)ncn2-c1ccc(F)c(F)c1. The zero-order chi connectivity index (χ0) is 17.1. The molecule has 0 radical (unpaired) electrons. The Labute approximate surface area is 138 Å². The van der Waals surface area contributed by atoms with Crippen LogP contribution in [0.4, 0.5) is 8.78 Å². The molecule has 0 saturated carbocycles. The van der Waals surface area contributed by atoms with Gasteiger partial charge in [0.05, 0.1) is 16.7 Å². The second kappa shape index (κ2) is 6.78. The average molecular weight is 329 g/mol. The number of hydrogen-bond acceptors (Lipinski definition) is 2. The van der Waals surface area contributed by atoms with E-state index in [4.69, 9.17) is 0 Å². The summed E-state index contributed by atoms with van der Waals surface area (Å²) in [4.78, 5) is 16.3. The van der Waals surface area contributed by atoms with Gasteiger partial charge in [0.1, 0.15) is 6.33 Å². The van der Waals surface area contributed by atoms with Crippen LogP contribution in [0.2, 0.25) is 0 Å². The summed E-state index contributed by atoms with van der Waals surface area (Å²) in [5.74, 6) is -1.96. The topological polar surface area (TPSA) is 46.9 Å². The van der Waals surface area contributed by atoms with Gasteiger partial charge >= 0.3 is 0 Å². The van der Waals surface area contributed by atoms with E-state index in [1.54, 1.807) is 22.8 Å². The fraction of sp³-hybridized carbons (Fsp3) is 0.222. The van der Waals surface area contributed by atoms with Gasteiger partial charge in [0.2, 0.25) is 0 Å². The minimum atomic E-state index is -0.915. The molecule has 3 rings (SSSR count). The Kier molecular flexibility index (Phi) is 4.55. The van der Waals surface area contributed by atoms with Gasteiger partial charge < -0.3 is 5.32 Å².